The van der Waals surface area contributed by atoms with Gasteiger partial charge in [-0.1, -0.05) is 0 Å². The number of nitrogens with zero attached hydrogens (tertiary/aromatic N) is 1. The Labute approximate surface area is 88.0 Å². The predicted octanol–water partition coefficient (Wildman–Crippen LogP) is 2.01. The van der Waals surface area contributed by atoms with Crippen molar-refractivity contribution < 1.29 is 27.1 Å². The summed E-state index contributed by atoms with van der Waals surface area (Å²) in [5.41, 5.74) is -1.42. The molecule has 0 bridgehead atoms. The zero-order valence-electron chi connectivity index (χ0n) is 8.14. The van der Waals surface area contributed by atoms with E-state index in [1.807, 2.05) is 0 Å². The van der Waals surface area contributed by atoms with Crippen LogP contribution in [0, 0.1) is 11.8 Å². The highest BCUT2D eigenvalue weighted by atomic mass is 19.3. The van der Waals surface area contributed by atoms with E-state index >= 15 is 0 Å². The molecule has 16 heavy (non-hydrogen) atoms. The standard InChI is InChI=1S/C9H7F4NO2/c1-16-6(15)3-4-2-5(8(11)12)7(10)9(13)14-4/h2,8H,3H2,1H3. The SMILES string of the molecule is COC(=O)Cc1cc(C(F)F)c(F)c(F)n1. The molecule has 0 fully saturated rings. The number of ether oxygens (including phenoxy) is 1. The third kappa shape index (κ3) is 2.68. The third-order valence-electron chi connectivity index (χ3n) is 1.79. The van der Waals surface area contributed by atoms with Gasteiger partial charge >= 0.3 is 5.97 Å². The van der Waals surface area contributed by atoms with Crippen molar-refractivity contribution in [1.82, 2.24) is 4.98 Å². The normalized spacial score (nSPS) is 10.6. The van der Waals surface area contributed by atoms with E-state index < -0.39 is 36.1 Å². The summed E-state index contributed by atoms with van der Waals surface area (Å²) in [5.74, 6) is -4.14. The van der Waals surface area contributed by atoms with Gasteiger partial charge in [-0.05, 0) is 6.07 Å². The summed E-state index contributed by atoms with van der Waals surface area (Å²) in [6.45, 7) is 0. The van der Waals surface area contributed by atoms with Gasteiger partial charge in [0.25, 0.3) is 6.43 Å². The van der Waals surface area contributed by atoms with Gasteiger partial charge in [-0.2, -0.15) is 4.39 Å². The Morgan fingerprint density at radius 3 is 2.62 bits per heavy atom. The van der Waals surface area contributed by atoms with Crippen LogP contribution in [0.4, 0.5) is 17.6 Å². The van der Waals surface area contributed by atoms with Gasteiger partial charge in [-0.3, -0.25) is 4.79 Å². The molecule has 0 aromatic carbocycles. The second-order valence-electron chi connectivity index (χ2n) is 2.86. The summed E-state index contributed by atoms with van der Waals surface area (Å²) < 4.78 is 54.4. The van der Waals surface area contributed by atoms with Crippen LogP contribution < -0.4 is 0 Å². The van der Waals surface area contributed by atoms with Gasteiger partial charge in [0.15, 0.2) is 5.82 Å². The smallest absolute Gasteiger partial charge is 0.311 e. The zero-order chi connectivity index (χ0) is 12.3. The number of halogens is 4. The van der Waals surface area contributed by atoms with E-state index in [-0.39, 0.29) is 5.69 Å². The number of pyridine rings is 1. The first kappa shape index (κ1) is 12.4. The summed E-state index contributed by atoms with van der Waals surface area (Å²) in [6.07, 6.45) is -3.66. The summed E-state index contributed by atoms with van der Waals surface area (Å²) in [6, 6.07) is 0.639. The van der Waals surface area contributed by atoms with Crippen LogP contribution in [0.2, 0.25) is 0 Å². The van der Waals surface area contributed by atoms with Crippen LogP contribution in [-0.4, -0.2) is 18.1 Å². The van der Waals surface area contributed by atoms with Crippen LogP contribution in [0.3, 0.4) is 0 Å². The molecule has 7 heteroatoms. The summed E-state index contributed by atoms with van der Waals surface area (Å²) in [5, 5.41) is 0. The van der Waals surface area contributed by atoms with Crippen LogP contribution in [0.5, 0.6) is 0 Å². The van der Waals surface area contributed by atoms with Gasteiger partial charge < -0.3 is 4.74 Å². The van der Waals surface area contributed by atoms with Gasteiger partial charge in [-0.15, -0.1) is 0 Å². The Bertz CT molecular complexity index is 409. The van der Waals surface area contributed by atoms with Crippen molar-refractivity contribution in [1.29, 1.82) is 0 Å². The largest absolute Gasteiger partial charge is 0.469 e. The molecule has 1 heterocycles. The summed E-state index contributed by atoms with van der Waals surface area (Å²) in [4.78, 5) is 13.8. The molecular weight excluding hydrogens is 230 g/mol. The first-order valence-electron chi connectivity index (χ1n) is 4.15. The fraction of sp³-hybridized carbons (Fsp3) is 0.333. The molecule has 3 nitrogen and oxygen atoms in total. The lowest BCUT2D eigenvalue weighted by Crippen LogP contribution is -2.09. The topological polar surface area (TPSA) is 39.2 Å². The number of carbonyl (C=O) groups excluding carboxylic acids is 1. The first-order valence-corrected chi connectivity index (χ1v) is 4.15. The van der Waals surface area contributed by atoms with E-state index in [1.165, 1.54) is 0 Å². The number of rotatable bonds is 3. The Morgan fingerprint density at radius 2 is 2.12 bits per heavy atom. The van der Waals surface area contributed by atoms with Crippen LogP contribution in [0.1, 0.15) is 17.7 Å². The molecular formula is C9H7F4NO2. The fourth-order valence-electron chi connectivity index (χ4n) is 1.04. The number of hydrogen-bond donors (Lipinski definition) is 0. The highest BCUT2D eigenvalue weighted by molar-refractivity contribution is 5.71. The minimum Gasteiger partial charge on any atom is -0.469 e. The van der Waals surface area contributed by atoms with E-state index in [4.69, 9.17) is 0 Å². The summed E-state index contributed by atoms with van der Waals surface area (Å²) in [7, 11) is 1.08. The van der Waals surface area contributed by atoms with E-state index in [0.717, 1.165) is 7.11 Å². The quantitative estimate of drug-likeness (QED) is 0.458. The van der Waals surface area contributed by atoms with Crippen molar-refractivity contribution in [3.05, 3.63) is 29.1 Å². The molecule has 0 saturated heterocycles. The van der Waals surface area contributed by atoms with Crippen LogP contribution >= 0.6 is 0 Å². The van der Waals surface area contributed by atoms with Crippen molar-refractivity contribution >= 4 is 5.97 Å². The van der Waals surface area contributed by atoms with Crippen molar-refractivity contribution in [3.63, 3.8) is 0 Å². The minimum atomic E-state index is -3.17. The molecule has 1 rings (SSSR count). The van der Waals surface area contributed by atoms with Crippen molar-refractivity contribution in [2.24, 2.45) is 0 Å². The number of esters is 1. The highest BCUT2D eigenvalue weighted by Gasteiger charge is 2.20. The van der Waals surface area contributed by atoms with Crippen molar-refractivity contribution in [2.75, 3.05) is 7.11 Å². The van der Waals surface area contributed by atoms with Gasteiger partial charge in [0.05, 0.1) is 24.8 Å². The molecule has 0 spiro atoms. The lowest BCUT2D eigenvalue weighted by molar-refractivity contribution is -0.139. The van der Waals surface area contributed by atoms with Crippen LogP contribution in [-0.2, 0) is 16.0 Å². The first-order chi connectivity index (χ1) is 7.45. The highest BCUT2D eigenvalue weighted by Crippen LogP contribution is 2.23. The van der Waals surface area contributed by atoms with Gasteiger partial charge in [0.2, 0.25) is 5.95 Å². The number of carbonyl (C=O) groups is 1. The monoisotopic (exact) mass is 237 g/mol. The molecule has 0 aliphatic rings. The van der Waals surface area contributed by atoms with Gasteiger partial charge in [0.1, 0.15) is 0 Å². The fourth-order valence-corrected chi connectivity index (χ4v) is 1.04. The Morgan fingerprint density at radius 1 is 1.50 bits per heavy atom. The molecule has 0 saturated carbocycles. The second-order valence-corrected chi connectivity index (χ2v) is 2.86. The molecule has 1 aromatic rings. The predicted molar refractivity (Wildman–Crippen MR) is 44.8 cm³/mol. The third-order valence-corrected chi connectivity index (χ3v) is 1.79. The van der Waals surface area contributed by atoms with Crippen LogP contribution in [0.25, 0.3) is 0 Å². The molecule has 0 radical (unpaired) electrons. The van der Waals surface area contributed by atoms with Crippen molar-refractivity contribution in [2.45, 2.75) is 12.8 Å². The second kappa shape index (κ2) is 4.91. The van der Waals surface area contributed by atoms with E-state index in [2.05, 4.69) is 9.72 Å². The molecule has 0 atom stereocenters. The van der Waals surface area contributed by atoms with E-state index in [1.54, 1.807) is 0 Å². The zero-order valence-corrected chi connectivity index (χ0v) is 8.14. The maximum Gasteiger partial charge on any atom is 0.311 e. The number of alkyl halides is 2. The molecule has 0 aliphatic carbocycles. The molecule has 0 amide bonds. The molecule has 0 unspecified atom stereocenters. The van der Waals surface area contributed by atoms with Gasteiger partial charge in [0, 0.05) is 0 Å². The van der Waals surface area contributed by atoms with Crippen LogP contribution in [0.15, 0.2) is 6.07 Å². The average molecular weight is 237 g/mol. The summed E-state index contributed by atoms with van der Waals surface area (Å²) >= 11 is 0. The minimum absolute atomic E-state index is 0.305. The molecule has 88 valence electrons. The average Bonchev–Trinajstić information content (AvgIpc) is 2.22. The van der Waals surface area contributed by atoms with Gasteiger partial charge in [-0.25, -0.2) is 18.2 Å². The Balaban J connectivity index is 3.09. The number of methoxy groups -OCH3 is 1. The van der Waals surface area contributed by atoms with E-state index in [9.17, 15) is 22.4 Å². The number of hydrogen-bond acceptors (Lipinski definition) is 3. The van der Waals surface area contributed by atoms with Crippen molar-refractivity contribution in [3.8, 4) is 0 Å². The molecule has 0 N–H and O–H groups in total. The Hall–Kier alpha value is -1.66. The maximum absolute atomic E-state index is 12.8. The maximum atomic E-state index is 12.8. The molecule has 1 aromatic heterocycles. The Kier molecular flexibility index (Phi) is 3.81. The lowest BCUT2D eigenvalue weighted by Gasteiger charge is -2.05. The lowest BCUT2D eigenvalue weighted by atomic mass is 10.2. The number of aromatic nitrogens is 1. The van der Waals surface area contributed by atoms with E-state index in [0.29, 0.717) is 6.07 Å². The molecule has 0 aliphatic heterocycles.